The molecule has 33 heavy (non-hydrogen) atoms. The summed E-state index contributed by atoms with van der Waals surface area (Å²) in [4.78, 5) is 19.1. The van der Waals surface area contributed by atoms with Crippen LogP contribution in [0.5, 0.6) is 11.5 Å². The van der Waals surface area contributed by atoms with Gasteiger partial charge in [-0.25, -0.2) is 4.39 Å². The first-order chi connectivity index (χ1) is 16.0. The standard InChI is InChI=1S/C24H27FN4O4/c1-4-32-20-8-6-17(13-21(20)31-3)22-27-24(33-28-22)29-11-9-16(10-12-29)23(30)26-18-7-5-15(2)19(25)14-18/h5-8,13-14,16H,4,9-12H2,1-3H3,(H,26,30). The lowest BCUT2D eigenvalue weighted by Gasteiger charge is -2.29. The van der Waals surface area contributed by atoms with Gasteiger partial charge in [0.2, 0.25) is 11.7 Å². The molecule has 2 heterocycles. The van der Waals surface area contributed by atoms with Crippen LogP contribution in [0.3, 0.4) is 0 Å². The third-order valence-corrected chi connectivity index (χ3v) is 5.71. The van der Waals surface area contributed by atoms with E-state index in [0.717, 1.165) is 5.56 Å². The number of piperidine rings is 1. The highest BCUT2D eigenvalue weighted by Crippen LogP contribution is 2.32. The minimum Gasteiger partial charge on any atom is -0.493 e. The monoisotopic (exact) mass is 454 g/mol. The molecule has 1 aromatic heterocycles. The van der Waals surface area contributed by atoms with Gasteiger partial charge in [-0.3, -0.25) is 4.79 Å². The molecule has 1 fully saturated rings. The fourth-order valence-electron chi connectivity index (χ4n) is 3.79. The molecule has 3 aromatic rings. The predicted molar refractivity (Wildman–Crippen MR) is 122 cm³/mol. The number of carbonyl (C=O) groups is 1. The van der Waals surface area contributed by atoms with Gasteiger partial charge in [0.1, 0.15) is 5.82 Å². The Morgan fingerprint density at radius 3 is 2.70 bits per heavy atom. The molecule has 0 unspecified atom stereocenters. The van der Waals surface area contributed by atoms with E-state index < -0.39 is 0 Å². The van der Waals surface area contributed by atoms with Gasteiger partial charge in [-0.1, -0.05) is 11.2 Å². The lowest BCUT2D eigenvalue weighted by Crippen LogP contribution is -2.38. The van der Waals surface area contributed by atoms with Gasteiger partial charge in [0.05, 0.1) is 13.7 Å². The van der Waals surface area contributed by atoms with Gasteiger partial charge in [-0.2, -0.15) is 4.98 Å². The highest BCUT2D eigenvalue weighted by molar-refractivity contribution is 5.92. The smallest absolute Gasteiger partial charge is 0.324 e. The van der Waals surface area contributed by atoms with Crippen LogP contribution in [-0.4, -0.2) is 42.9 Å². The van der Waals surface area contributed by atoms with E-state index in [1.54, 1.807) is 26.2 Å². The molecule has 1 aliphatic rings. The molecule has 4 rings (SSSR count). The number of aromatic nitrogens is 2. The van der Waals surface area contributed by atoms with Crippen molar-refractivity contribution in [1.29, 1.82) is 0 Å². The average molecular weight is 455 g/mol. The van der Waals surface area contributed by atoms with Gasteiger partial charge in [0, 0.05) is 30.3 Å². The predicted octanol–water partition coefficient (Wildman–Crippen LogP) is 4.45. The molecule has 2 aromatic carbocycles. The molecule has 0 bridgehead atoms. The van der Waals surface area contributed by atoms with Crippen LogP contribution in [0.1, 0.15) is 25.3 Å². The Bertz CT molecular complexity index is 1130. The maximum absolute atomic E-state index is 13.7. The van der Waals surface area contributed by atoms with Crippen molar-refractivity contribution >= 4 is 17.6 Å². The van der Waals surface area contributed by atoms with Crippen molar-refractivity contribution in [3.05, 3.63) is 47.8 Å². The summed E-state index contributed by atoms with van der Waals surface area (Å²) >= 11 is 0. The van der Waals surface area contributed by atoms with E-state index >= 15 is 0 Å². The highest BCUT2D eigenvalue weighted by atomic mass is 19.1. The Morgan fingerprint density at radius 1 is 1.21 bits per heavy atom. The second kappa shape index (κ2) is 9.89. The number of halogens is 1. The van der Waals surface area contributed by atoms with Crippen molar-refractivity contribution in [2.75, 3.05) is 37.0 Å². The van der Waals surface area contributed by atoms with Gasteiger partial charge < -0.3 is 24.2 Å². The summed E-state index contributed by atoms with van der Waals surface area (Å²) in [6, 6.07) is 10.6. The van der Waals surface area contributed by atoms with Crippen LogP contribution >= 0.6 is 0 Å². The number of aryl methyl sites for hydroxylation is 1. The fraction of sp³-hybridized carbons (Fsp3) is 0.375. The number of amides is 1. The number of ether oxygens (including phenoxy) is 2. The SMILES string of the molecule is CCOc1ccc(-c2noc(N3CCC(C(=O)Nc4ccc(C)c(F)c4)CC3)n2)cc1OC. The Kier molecular flexibility index (Phi) is 6.76. The van der Waals surface area contributed by atoms with Crippen molar-refractivity contribution in [3.8, 4) is 22.9 Å². The summed E-state index contributed by atoms with van der Waals surface area (Å²) in [6.45, 7) is 5.35. The molecule has 1 N–H and O–H groups in total. The summed E-state index contributed by atoms with van der Waals surface area (Å²) in [5.41, 5.74) is 1.77. The number of benzene rings is 2. The zero-order chi connectivity index (χ0) is 23.4. The third-order valence-electron chi connectivity index (χ3n) is 5.71. The molecular formula is C24H27FN4O4. The van der Waals surface area contributed by atoms with Crippen molar-refractivity contribution in [2.45, 2.75) is 26.7 Å². The second-order valence-electron chi connectivity index (χ2n) is 7.91. The number of hydrogen-bond acceptors (Lipinski definition) is 7. The van der Waals surface area contributed by atoms with Crippen molar-refractivity contribution in [3.63, 3.8) is 0 Å². The normalized spacial score (nSPS) is 14.2. The molecule has 0 aliphatic carbocycles. The van der Waals surface area contributed by atoms with E-state index in [0.29, 0.717) is 67.1 Å². The molecule has 9 heteroatoms. The molecule has 8 nitrogen and oxygen atoms in total. The lowest BCUT2D eigenvalue weighted by atomic mass is 9.96. The first kappa shape index (κ1) is 22.6. The number of anilines is 2. The summed E-state index contributed by atoms with van der Waals surface area (Å²) < 4.78 is 30.2. The van der Waals surface area contributed by atoms with Gasteiger partial charge in [0.15, 0.2) is 11.5 Å². The van der Waals surface area contributed by atoms with Gasteiger partial charge in [-0.15, -0.1) is 0 Å². The maximum Gasteiger partial charge on any atom is 0.324 e. The zero-order valence-corrected chi connectivity index (χ0v) is 18.9. The van der Waals surface area contributed by atoms with E-state index in [9.17, 15) is 9.18 Å². The van der Waals surface area contributed by atoms with Gasteiger partial charge >= 0.3 is 6.01 Å². The van der Waals surface area contributed by atoms with E-state index in [1.807, 2.05) is 30.0 Å². The Labute approximate surface area is 191 Å². The number of nitrogens with one attached hydrogen (secondary N) is 1. The summed E-state index contributed by atoms with van der Waals surface area (Å²) in [6.07, 6.45) is 1.27. The molecule has 1 saturated heterocycles. The Balaban J connectivity index is 1.37. The van der Waals surface area contributed by atoms with Crippen LogP contribution < -0.4 is 19.7 Å². The number of hydrogen-bond donors (Lipinski definition) is 1. The third kappa shape index (κ3) is 5.08. The van der Waals surface area contributed by atoms with Crippen molar-refractivity contribution in [2.24, 2.45) is 5.92 Å². The minimum absolute atomic E-state index is 0.106. The Morgan fingerprint density at radius 2 is 2.00 bits per heavy atom. The summed E-state index contributed by atoms with van der Waals surface area (Å²) in [7, 11) is 1.58. The maximum atomic E-state index is 13.7. The first-order valence-electron chi connectivity index (χ1n) is 11.0. The van der Waals surface area contributed by atoms with Crippen molar-refractivity contribution in [1.82, 2.24) is 10.1 Å². The molecule has 1 amide bonds. The van der Waals surface area contributed by atoms with Crippen LogP contribution in [0.25, 0.3) is 11.4 Å². The van der Waals surface area contributed by atoms with E-state index in [4.69, 9.17) is 14.0 Å². The van der Waals surface area contributed by atoms with E-state index in [2.05, 4.69) is 15.5 Å². The summed E-state index contributed by atoms with van der Waals surface area (Å²) in [5.74, 6) is 1.10. The fourth-order valence-corrected chi connectivity index (χ4v) is 3.79. The largest absolute Gasteiger partial charge is 0.493 e. The second-order valence-corrected chi connectivity index (χ2v) is 7.91. The molecule has 0 atom stereocenters. The number of methoxy groups -OCH3 is 1. The lowest BCUT2D eigenvalue weighted by molar-refractivity contribution is -0.120. The molecule has 0 saturated carbocycles. The molecule has 0 radical (unpaired) electrons. The highest BCUT2D eigenvalue weighted by Gasteiger charge is 2.28. The van der Waals surface area contributed by atoms with E-state index in [1.165, 1.54) is 6.07 Å². The Hall–Kier alpha value is -3.62. The quantitative estimate of drug-likeness (QED) is 0.564. The van der Waals surface area contributed by atoms with Crippen LogP contribution in [-0.2, 0) is 4.79 Å². The van der Waals surface area contributed by atoms with Crippen LogP contribution in [0.4, 0.5) is 16.1 Å². The number of carbonyl (C=O) groups excluding carboxylic acids is 1. The van der Waals surface area contributed by atoms with Crippen molar-refractivity contribution < 1.29 is 23.2 Å². The van der Waals surface area contributed by atoms with E-state index in [-0.39, 0.29) is 17.6 Å². The molecule has 174 valence electrons. The molecule has 1 aliphatic heterocycles. The molecule has 0 spiro atoms. The number of nitrogens with zero attached hydrogens (tertiary/aromatic N) is 3. The van der Waals surface area contributed by atoms with Crippen LogP contribution in [0.2, 0.25) is 0 Å². The van der Waals surface area contributed by atoms with Crippen LogP contribution in [0, 0.1) is 18.7 Å². The van der Waals surface area contributed by atoms with Gasteiger partial charge in [0.25, 0.3) is 0 Å². The number of rotatable bonds is 7. The van der Waals surface area contributed by atoms with Crippen LogP contribution in [0.15, 0.2) is 40.9 Å². The average Bonchev–Trinajstić information content (AvgIpc) is 3.32. The summed E-state index contributed by atoms with van der Waals surface area (Å²) in [5, 5.41) is 6.91. The minimum atomic E-state index is -0.333. The van der Waals surface area contributed by atoms with Gasteiger partial charge in [-0.05, 0) is 62.6 Å². The zero-order valence-electron chi connectivity index (χ0n) is 18.9. The molecular weight excluding hydrogens is 427 g/mol. The first-order valence-corrected chi connectivity index (χ1v) is 11.0. The topological polar surface area (TPSA) is 89.7 Å².